The molecule has 0 bridgehead atoms. The van der Waals surface area contributed by atoms with Crippen LogP contribution in [0.25, 0.3) is 0 Å². The van der Waals surface area contributed by atoms with Gasteiger partial charge in [-0.2, -0.15) is 0 Å². The Hall–Kier alpha value is -1.10. The van der Waals surface area contributed by atoms with Crippen LogP contribution in [0.15, 0.2) is 0 Å². The predicted molar refractivity (Wildman–Crippen MR) is 62.5 cm³/mol. The molecule has 0 unspecified atom stereocenters. The van der Waals surface area contributed by atoms with Crippen molar-refractivity contribution in [2.24, 2.45) is 5.41 Å². The molecule has 1 saturated carbocycles. The average molecular weight is 243 g/mol. The Labute approximate surface area is 101 Å². The number of aliphatic carboxylic acids is 1. The number of aliphatic hydroxyl groups excluding tert-OH is 1. The van der Waals surface area contributed by atoms with Crippen molar-refractivity contribution in [3.63, 3.8) is 0 Å². The van der Waals surface area contributed by atoms with E-state index in [1.54, 1.807) is 4.90 Å². The Bertz CT molecular complexity index is 297. The van der Waals surface area contributed by atoms with Gasteiger partial charge < -0.3 is 15.1 Å². The van der Waals surface area contributed by atoms with E-state index < -0.39 is 11.4 Å². The lowest BCUT2D eigenvalue weighted by Gasteiger charge is -2.40. The smallest absolute Gasteiger partial charge is 0.318 e. The summed E-state index contributed by atoms with van der Waals surface area (Å²) in [6.45, 7) is 3.32. The predicted octanol–water partition coefficient (Wildman–Crippen LogP) is 0.861. The van der Waals surface area contributed by atoms with Crippen molar-refractivity contribution in [1.29, 1.82) is 0 Å². The molecule has 1 amide bonds. The van der Waals surface area contributed by atoms with E-state index in [0.717, 1.165) is 19.3 Å². The number of rotatable bonds is 6. The van der Waals surface area contributed by atoms with Gasteiger partial charge in [0.1, 0.15) is 5.41 Å². The number of aliphatic hydroxyl groups is 1. The maximum atomic E-state index is 12.2. The Balaban J connectivity index is 2.74. The third kappa shape index (κ3) is 2.97. The number of amides is 1. The van der Waals surface area contributed by atoms with Gasteiger partial charge in [-0.1, -0.05) is 0 Å². The molecule has 17 heavy (non-hydrogen) atoms. The van der Waals surface area contributed by atoms with Gasteiger partial charge in [-0.3, -0.25) is 9.59 Å². The van der Waals surface area contributed by atoms with Crippen LogP contribution in [0.5, 0.6) is 0 Å². The van der Waals surface area contributed by atoms with Crippen LogP contribution in [-0.4, -0.2) is 46.2 Å². The summed E-state index contributed by atoms with van der Waals surface area (Å²) in [7, 11) is 0. The number of carbonyl (C=O) groups excluding carboxylic acids is 1. The van der Waals surface area contributed by atoms with Crippen LogP contribution in [0.4, 0.5) is 0 Å². The lowest BCUT2D eigenvalue weighted by atomic mass is 9.86. The highest BCUT2D eigenvalue weighted by atomic mass is 16.4. The lowest BCUT2D eigenvalue weighted by molar-refractivity contribution is -0.160. The minimum Gasteiger partial charge on any atom is -0.480 e. The van der Waals surface area contributed by atoms with Crippen molar-refractivity contribution < 1.29 is 19.8 Å². The number of carbonyl (C=O) groups is 2. The topological polar surface area (TPSA) is 77.8 Å². The molecule has 0 spiro atoms. The van der Waals surface area contributed by atoms with E-state index in [1.165, 1.54) is 13.8 Å². The summed E-state index contributed by atoms with van der Waals surface area (Å²) in [5, 5.41) is 17.9. The average Bonchev–Trinajstić information content (AvgIpc) is 2.19. The second-order valence-electron chi connectivity index (χ2n) is 5.09. The summed E-state index contributed by atoms with van der Waals surface area (Å²) in [5.74, 6) is -1.45. The van der Waals surface area contributed by atoms with Crippen molar-refractivity contribution in [2.75, 3.05) is 13.2 Å². The molecule has 0 saturated heterocycles. The fourth-order valence-corrected chi connectivity index (χ4v) is 1.84. The van der Waals surface area contributed by atoms with E-state index in [4.69, 9.17) is 10.2 Å². The molecule has 1 aliphatic rings. The molecule has 98 valence electrons. The Kier molecular flexibility index (Phi) is 4.51. The van der Waals surface area contributed by atoms with Crippen molar-refractivity contribution in [2.45, 2.75) is 45.6 Å². The third-order valence-corrected chi connectivity index (χ3v) is 3.40. The van der Waals surface area contributed by atoms with Gasteiger partial charge in [0.15, 0.2) is 0 Å². The van der Waals surface area contributed by atoms with Crippen molar-refractivity contribution in [1.82, 2.24) is 4.90 Å². The van der Waals surface area contributed by atoms with Crippen molar-refractivity contribution in [3.8, 4) is 0 Å². The minimum atomic E-state index is -1.38. The Morgan fingerprint density at radius 2 is 1.94 bits per heavy atom. The van der Waals surface area contributed by atoms with E-state index >= 15 is 0 Å². The van der Waals surface area contributed by atoms with E-state index in [9.17, 15) is 9.59 Å². The highest BCUT2D eigenvalue weighted by Crippen LogP contribution is 2.29. The first-order valence-corrected chi connectivity index (χ1v) is 6.06. The highest BCUT2D eigenvalue weighted by molar-refractivity contribution is 6.01. The maximum absolute atomic E-state index is 12.2. The van der Waals surface area contributed by atoms with Crippen molar-refractivity contribution >= 4 is 11.9 Å². The highest BCUT2D eigenvalue weighted by Gasteiger charge is 2.42. The van der Waals surface area contributed by atoms with E-state index in [2.05, 4.69) is 0 Å². The van der Waals surface area contributed by atoms with Crippen LogP contribution < -0.4 is 0 Å². The zero-order valence-corrected chi connectivity index (χ0v) is 10.5. The van der Waals surface area contributed by atoms with Gasteiger partial charge >= 0.3 is 5.97 Å². The molecule has 0 radical (unpaired) electrons. The zero-order chi connectivity index (χ0) is 13.1. The molecule has 0 aromatic carbocycles. The molecule has 1 fully saturated rings. The molecule has 2 N–H and O–H groups in total. The van der Waals surface area contributed by atoms with Gasteiger partial charge in [-0.25, -0.2) is 0 Å². The summed E-state index contributed by atoms with van der Waals surface area (Å²) in [6, 6.07) is 0.160. The Morgan fingerprint density at radius 1 is 1.35 bits per heavy atom. The summed E-state index contributed by atoms with van der Waals surface area (Å²) in [4.78, 5) is 24.9. The first kappa shape index (κ1) is 14.0. The second kappa shape index (κ2) is 5.49. The SMILES string of the molecule is CC(C)(C(=O)O)C(=O)N(CCCO)C1CCC1. The fourth-order valence-electron chi connectivity index (χ4n) is 1.84. The first-order chi connectivity index (χ1) is 7.91. The maximum Gasteiger partial charge on any atom is 0.318 e. The third-order valence-electron chi connectivity index (χ3n) is 3.40. The molecule has 1 rings (SSSR count). The normalized spacial score (nSPS) is 16.4. The number of hydrogen-bond acceptors (Lipinski definition) is 3. The summed E-state index contributed by atoms with van der Waals surface area (Å²) in [5.41, 5.74) is -1.38. The molecule has 0 atom stereocenters. The molecule has 0 aromatic rings. The molecule has 0 heterocycles. The van der Waals surface area contributed by atoms with Gasteiger partial charge in [0, 0.05) is 19.2 Å². The number of nitrogens with zero attached hydrogens (tertiary/aromatic N) is 1. The quantitative estimate of drug-likeness (QED) is 0.678. The largest absolute Gasteiger partial charge is 0.480 e. The Morgan fingerprint density at radius 3 is 2.29 bits per heavy atom. The van der Waals surface area contributed by atoms with Crippen molar-refractivity contribution in [3.05, 3.63) is 0 Å². The van der Waals surface area contributed by atoms with Gasteiger partial charge in [-0.05, 0) is 39.5 Å². The van der Waals surface area contributed by atoms with Gasteiger partial charge in [0.05, 0.1) is 0 Å². The van der Waals surface area contributed by atoms with Crippen LogP contribution >= 0.6 is 0 Å². The lowest BCUT2D eigenvalue weighted by Crippen LogP contribution is -2.52. The summed E-state index contributed by atoms with van der Waals surface area (Å²) >= 11 is 0. The first-order valence-electron chi connectivity index (χ1n) is 6.06. The summed E-state index contributed by atoms with van der Waals surface area (Å²) in [6.07, 6.45) is 3.46. The summed E-state index contributed by atoms with van der Waals surface area (Å²) < 4.78 is 0. The monoisotopic (exact) mass is 243 g/mol. The minimum absolute atomic E-state index is 0.0179. The molecular weight excluding hydrogens is 222 g/mol. The van der Waals surface area contributed by atoms with Crippen LogP contribution in [-0.2, 0) is 9.59 Å². The van der Waals surface area contributed by atoms with Gasteiger partial charge in [0.2, 0.25) is 5.91 Å². The second-order valence-corrected chi connectivity index (χ2v) is 5.09. The molecule has 0 aromatic heterocycles. The van der Waals surface area contributed by atoms with Crippen LogP contribution in [0.2, 0.25) is 0 Å². The number of carboxylic acid groups (broad SMARTS) is 1. The number of carboxylic acids is 1. The van der Waals surface area contributed by atoms with E-state index in [-0.39, 0.29) is 18.6 Å². The van der Waals surface area contributed by atoms with Crippen LogP contribution in [0, 0.1) is 5.41 Å². The van der Waals surface area contributed by atoms with E-state index in [0.29, 0.717) is 13.0 Å². The number of hydrogen-bond donors (Lipinski definition) is 2. The molecule has 5 nitrogen and oxygen atoms in total. The fraction of sp³-hybridized carbons (Fsp3) is 0.833. The zero-order valence-electron chi connectivity index (χ0n) is 10.5. The molecule has 5 heteroatoms. The van der Waals surface area contributed by atoms with E-state index in [1.807, 2.05) is 0 Å². The van der Waals surface area contributed by atoms with Gasteiger partial charge in [0.25, 0.3) is 0 Å². The van der Waals surface area contributed by atoms with Crippen LogP contribution in [0.3, 0.4) is 0 Å². The van der Waals surface area contributed by atoms with Crippen LogP contribution in [0.1, 0.15) is 39.5 Å². The standard InChI is InChI=1S/C12H21NO4/c1-12(2,11(16)17)10(15)13(7-4-8-14)9-5-3-6-9/h9,14H,3-8H2,1-2H3,(H,16,17). The molecule has 0 aliphatic heterocycles. The molecule has 1 aliphatic carbocycles. The molecular formula is C12H21NO4. The van der Waals surface area contributed by atoms with Gasteiger partial charge in [-0.15, -0.1) is 0 Å².